The van der Waals surface area contributed by atoms with Crippen molar-refractivity contribution in [2.24, 2.45) is 5.92 Å². The van der Waals surface area contributed by atoms with Crippen molar-refractivity contribution in [3.05, 3.63) is 42.2 Å². The van der Waals surface area contributed by atoms with Gasteiger partial charge in [-0.05, 0) is 37.6 Å². The van der Waals surface area contributed by atoms with Crippen LogP contribution >= 0.6 is 0 Å². The largest absolute Gasteiger partial charge is 0.335 e. The van der Waals surface area contributed by atoms with Gasteiger partial charge >= 0.3 is 6.03 Å². The van der Waals surface area contributed by atoms with Gasteiger partial charge in [0.05, 0.1) is 5.69 Å². The molecule has 1 aromatic carbocycles. The second-order valence-electron chi connectivity index (χ2n) is 4.30. The molecule has 1 aliphatic rings. The first-order chi connectivity index (χ1) is 9.54. The minimum atomic E-state index is -0.950. The third kappa shape index (κ3) is 2.59. The number of halogens is 1. The molecule has 5 nitrogen and oxygen atoms in total. The van der Waals surface area contributed by atoms with E-state index in [-0.39, 0.29) is 12.1 Å². The van der Waals surface area contributed by atoms with E-state index in [1.54, 1.807) is 19.1 Å². The van der Waals surface area contributed by atoms with Crippen LogP contribution in [-0.2, 0) is 9.59 Å². The fraction of sp³-hybridized carbons (Fsp3) is 0.214. The molecule has 1 fully saturated rings. The number of imide groups is 2. The zero-order chi connectivity index (χ0) is 14.7. The molecule has 104 valence electrons. The molecule has 1 heterocycles. The van der Waals surface area contributed by atoms with E-state index in [1.165, 1.54) is 12.1 Å². The Hall–Kier alpha value is -2.50. The van der Waals surface area contributed by atoms with Gasteiger partial charge in [-0.2, -0.15) is 0 Å². The van der Waals surface area contributed by atoms with Crippen molar-refractivity contribution in [2.75, 3.05) is 4.90 Å². The molecule has 1 saturated heterocycles. The van der Waals surface area contributed by atoms with Gasteiger partial charge in [-0.15, -0.1) is 0 Å². The summed E-state index contributed by atoms with van der Waals surface area (Å²) < 4.78 is 12.9. The Bertz CT molecular complexity index is 581. The van der Waals surface area contributed by atoms with Crippen LogP contribution < -0.4 is 10.2 Å². The third-order valence-electron chi connectivity index (χ3n) is 2.96. The first kappa shape index (κ1) is 13.9. The van der Waals surface area contributed by atoms with Crippen LogP contribution in [0.25, 0.3) is 0 Å². The second kappa shape index (κ2) is 5.64. The molecule has 0 radical (unpaired) electrons. The van der Waals surface area contributed by atoms with Gasteiger partial charge in [-0.25, -0.2) is 14.1 Å². The molecular formula is C14H13FN2O3. The van der Waals surface area contributed by atoms with Crippen molar-refractivity contribution in [3.63, 3.8) is 0 Å². The number of carbonyl (C=O) groups is 3. The van der Waals surface area contributed by atoms with Crippen LogP contribution in [0.2, 0.25) is 0 Å². The van der Waals surface area contributed by atoms with E-state index in [0.29, 0.717) is 0 Å². The zero-order valence-corrected chi connectivity index (χ0v) is 10.8. The van der Waals surface area contributed by atoms with E-state index in [9.17, 15) is 18.8 Å². The number of carbonyl (C=O) groups excluding carboxylic acids is 3. The highest BCUT2D eigenvalue weighted by atomic mass is 19.1. The highest BCUT2D eigenvalue weighted by Gasteiger charge is 2.40. The number of hydrogen-bond donors (Lipinski definition) is 1. The summed E-state index contributed by atoms with van der Waals surface area (Å²) in [5, 5.41) is 2.13. The average molecular weight is 276 g/mol. The standard InChI is InChI=1S/C14H13FN2O3/c1-2-3-4-11-12(18)16-14(20)17(13(11)19)10-7-5-9(15)6-8-10/h2-3,5-8,11H,4H2,1H3,(H,16,18,20). The molecule has 6 heteroatoms. The summed E-state index contributed by atoms with van der Waals surface area (Å²) >= 11 is 0. The predicted molar refractivity (Wildman–Crippen MR) is 70.3 cm³/mol. The number of barbiturate groups is 1. The summed E-state index contributed by atoms with van der Waals surface area (Å²) in [6.07, 6.45) is 3.62. The second-order valence-corrected chi connectivity index (χ2v) is 4.30. The number of nitrogens with zero attached hydrogens (tertiary/aromatic N) is 1. The Morgan fingerprint density at radius 1 is 1.25 bits per heavy atom. The lowest BCUT2D eigenvalue weighted by atomic mass is 10.00. The molecule has 2 rings (SSSR count). The van der Waals surface area contributed by atoms with E-state index < -0.39 is 29.6 Å². The SMILES string of the molecule is CC=CCC1C(=O)NC(=O)N(c2ccc(F)cc2)C1=O. The average Bonchev–Trinajstić information content (AvgIpc) is 2.40. The summed E-state index contributed by atoms with van der Waals surface area (Å²) in [6, 6.07) is 4.11. The molecule has 0 bridgehead atoms. The number of allylic oxidation sites excluding steroid dienone is 2. The van der Waals surface area contributed by atoms with Gasteiger partial charge in [0.25, 0.3) is 0 Å². The maximum atomic E-state index is 12.9. The van der Waals surface area contributed by atoms with Crippen LogP contribution in [0.5, 0.6) is 0 Å². The van der Waals surface area contributed by atoms with Crippen LogP contribution in [0.4, 0.5) is 14.9 Å². The van der Waals surface area contributed by atoms with Crippen LogP contribution in [0.3, 0.4) is 0 Å². The summed E-state index contributed by atoms with van der Waals surface area (Å²) in [6.45, 7) is 1.77. The topological polar surface area (TPSA) is 66.5 Å². The summed E-state index contributed by atoms with van der Waals surface area (Å²) in [4.78, 5) is 36.6. The van der Waals surface area contributed by atoms with Gasteiger partial charge in [0.2, 0.25) is 11.8 Å². The van der Waals surface area contributed by atoms with Crippen molar-refractivity contribution in [2.45, 2.75) is 13.3 Å². The Balaban J connectivity index is 2.31. The van der Waals surface area contributed by atoms with Gasteiger partial charge in [0.1, 0.15) is 11.7 Å². The zero-order valence-electron chi connectivity index (χ0n) is 10.8. The molecule has 1 N–H and O–H groups in total. The highest BCUT2D eigenvalue weighted by Crippen LogP contribution is 2.22. The number of urea groups is 1. The van der Waals surface area contributed by atoms with Crippen molar-refractivity contribution < 1.29 is 18.8 Å². The molecule has 1 atom stereocenters. The number of hydrogen-bond acceptors (Lipinski definition) is 3. The number of rotatable bonds is 3. The Morgan fingerprint density at radius 3 is 2.50 bits per heavy atom. The van der Waals surface area contributed by atoms with E-state index in [2.05, 4.69) is 5.32 Å². The minimum Gasteiger partial charge on any atom is -0.277 e. The van der Waals surface area contributed by atoms with E-state index in [1.807, 2.05) is 0 Å². The van der Waals surface area contributed by atoms with Crippen LogP contribution in [0.1, 0.15) is 13.3 Å². The highest BCUT2D eigenvalue weighted by molar-refractivity contribution is 6.27. The van der Waals surface area contributed by atoms with E-state index >= 15 is 0 Å². The molecule has 1 aromatic rings. The fourth-order valence-electron chi connectivity index (χ4n) is 1.93. The molecule has 0 saturated carbocycles. The lowest BCUT2D eigenvalue weighted by molar-refractivity contribution is -0.134. The monoisotopic (exact) mass is 276 g/mol. The number of benzene rings is 1. The molecule has 0 spiro atoms. The van der Waals surface area contributed by atoms with Crippen LogP contribution in [-0.4, -0.2) is 17.8 Å². The van der Waals surface area contributed by atoms with E-state index in [4.69, 9.17) is 0 Å². The Labute approximate surface area is 115 Å². The normalized spacial score (nSPS) is 19.6. The predicted octanol–water partition coefficient (Wildman–Crippen LogP) is 1.99. The fourth-order valence-corrected chi connectivity index (χ4v) is 1.93. The molecule has 1 aliphatic heterocycles. The summed E-state index contributed by atoms with van der Waals surface area (Å²) in [7, 11) is 0. The quantitative estimate of drug-likeness (QED) is 0.678. The smallest absolute Gasteiger partial charge is 0.277 e. The number of amides is 4. The molecule has 0 aromatic heterocycles. The molecule has 0 aliphatic carbocycles. The summed E-state index contributed by atoms with van der Waals surface area (Å²) in [5.41, 5.74) is 0.229. The van der Waals surface area contributed by atoms with Gasteiger partial charge in [0, 0.05) is 0 Å². The van der Waals surface area contributed by atoms with Gasteiger partial charge in [-0.1, -0.05) is 12.2 Å². The maximum Gasteiger partial charge on any atom is 0.335 e. The van der Waals surface area contributed by atoms with Gasteiger partial charge < -0.3 is 0 Å². The van der Waals surface area contributed by atoms with Crippen LogP contribution in [0.15, 0.2) is 36.4 Å². The minimum absolute atomic E-state index is 0.214. The third-order valence-corrected chi connectivity index (χ3v) is 2.96. The van der Waals surface area contributed by atoms with Crippen molar-refractivity contribution >= 4 is 23.5 Å². The molecule has 20 heavy (non-hydrogen) atoms. The first-order valence-corrected chi connectivity index (χ1v) is 6.10. The number of nitrogens with one attached hydrogen (secondary N) is 1. The Morgan fingerprint density at radius 2 is 1.90 bits per heavy atom. The van der Waals surface area contributed by atoms with Gasteiger partial charge in [-0.3, -0.25) is 14.9 Å². The van der Waals surface area contributed by atoms with Crippen molar-refractivity contribution in [1.29, 1.82) is 0 Å². The number of anilines is 1. The summed E-state index contributed by atoms with van der Waals surface area (Å²) in [5.74, 6) is -2.64. The molecule has 4 amide bonds. The Kier molecular flexibility index (Phi) is 3.93. The lowest BCUT2D eigenvalue weighted by Gasteiger charge is -2.29. The molecular weight excluding hydrogens is 263 g/mol. The van der Waals surface area contributed by atoms with Crippen LogP contribution in [0, 0.1) is 11.7 Å². The first-order valence-electron chi connectivity index (χ1n) is 6.10. The van der Waals surface area contributed by atoms with E-state index in [0.717, 1.165) is 17.0 Å². The maximum absolute atomic E-state index is 12.9. The lowest BCUT2D eigenvalue weighted by Crippen LogP contribution is -2.58. The van der Waals surface area contributed by atoms with Crippen molar-refractivity contribution in [3.8, 4) is 0 Å². The molecule has 1 unspecified atom stereocenters. The van der Waals surface area contributed by atoms with Crippen molar-refractivity contribution in [1.82, 2.24) is 5.32 Å². The van der Waals surface area contributed by atoms with Gasteiger partial charge in [0.15, 0.2) is 0 Å².